The second-order valence-electron chi connectivity index (χ2n) is 6.56. The van der Waals surface area contributed by atoms with Crippen molar-refractivity contribution in [2.45, 2.75) is 18.9 Å². The lowest BCUT2D eigenvalue weighted by molar-refractivity contribution is 0.0936. The smallest absolute Gasteiger partial charge is 0.253 e. The van der Waals surface area contributed by atoms with Crippen LogP contribution in [0.5, 0.6) is 0 Å². The first-order valence-electron chi connectivity index (χ1n) is 9.04. The van der Waals surface area contributed by atoms with Gasteiger partial charge >= 0.3 is 0 Å². The molecule has 0 saturated heterocycles. The fourth-order valence-electron chi connectivity index (χ4n) is 3.11. The van der Waals surface area contributed by atoms with E-state index in [1.54, 1.807) is 30.7 Å². The number of carbonyl (C=O) groups is 1. The number of imidazole rings is 1. The van der Waals surface area contributed by atoms with E-state index in [4.69, 9.17) is 11.6 Å². The monoisotopic (exact) mass is 407 g/mol. The van der Waals surface area contributed by atoms with Crippen molar-refractivity contribution in [3.8, 4) is 5.69 Å². The molecule has 9 heteroatoms. The van der Waals surface area contributed by atoms with Gasteiger partial charge in [-0.2, -0.15) is 0 Å². The molecular formula is C20H18ClN7O. The summed E-state index contributed by atoms with van der Waals surface area (Å²) in [6.07, 6.45) is 6.17. The highest BCUT2D eigenvalue weighted by Crippen LogP contribution is 2.20. The van der Waals surface area contributed by atoms with E-state index in [0.717, 1.165) is 11.3 Å². The van der Waals surface area contributed by atoms with E-state index in [1.807, 2.05) is 30.3 Å². The molecule has 4 aromatic rings. The van der Waals surface area contributed by atoms with E-state index in [2.05, 4.69) is 30.8 Å². The lowest BCUT2D eigenvalue weighted by Crippen LogP contribution is -2.38. The van der Waals surface area contributed by atoms with E-state index in [-0.39, 0.29) is 11.9 Å². The van der Waals surface area contributed by atoms with Crippen LogP contribution >= 0.6 is 11.6 Å². The van der Waals surface area contributed by atoms with Gasteiger partial charge in [0.2, 0.25) is 0 Å². The summed E-state index contributed by atoms with van der Waals surface area (Å²) in [6, 6.07) is 15.0. The van der Waals surface area contributed by atoms with Crippen LogP contribution in [0.1, 0.15) is 21.6 Å². The molecule has 0 radical (unpaired) electrons. The molecule has 1 amide bonds. The summed E-state index contributed by atoms with van der Waals surface area (Å²) in [5.74, 6) is -0.237. The number of halogens is 1. The number of nitrogens with zero attached hydrogens (tertiary/aromatic N) is 5. The van der Waals surface area contributed by atoms with Crippen molar-refractivity contribution in [1.29, 1.82) is 0 Å². The van der Waals surface area contributed by atoms with Gasteiger partial charge < -0.3 is 10.3 Å². The third kappa shape index (κ3) is 4.67. The van der Waals surface area contributed by atoms with Crippen LogP contribution in [0.4, 0.5) is 0 Å². The Morgan fingerprint density at radius 2 is 2.03 bits per heavy atom. The summed E-state index contributed by atoms with van der Waals surface area (Å²) >= 11 is 6.37. The van der Waals surface area contributed by atoms with E-state index >= 15 is 0 Å². The number of H-pyrrole nitrogens is 1. The van der Waals surface area contributed by atoms with Crippen LogP contribution in [-0.2, 0) is 12.8 Å². The predicted octanol–water partition coefficient (Wildman–Crippen LogP) is 2.62. The Kier molecular flexibility index (Phi) is 5.62. The lowest BCUT2D eigenvalue weighted by Gasteiger charge is -2.19. The summed E-state index contributed by atoms with van der Waals surface area (Å²) in [5, 5.41) is 14.5. The summed E-state index contributed by atoms with van der Waals surface area (Å²) in [4.78, 5) is 20.1. The molecule has 2 N–H and O–H groups in total. The molecule has 2 aromatic heterocycles. The van der Waals surface area contributed by atoms with Gasteiger partial charge in [0.15, 0.2) is 0 Å². The minimum absolute atomic E-state index is 0.124. The normalized spacial score (nSPS) is 11.9. The fraction of sp³-hybridized carbons (Fsp3) is 0.150. The molecule has 4 rings (SSSR count). The van der Waals surface area contributed by atoms with Crippen molar-refractivity contribution in [3.05, 3.63) is 89.2 Å². The maximum atomic E-state index is 12.9. The molecule has 29 heavy (non-hydrogen) atoms. The maximum Gasteiger partial charge on any atom is 0.253 e. The van der Waals surface area contributed by atoms with Gasteiger partial charge in [-0.05, 0) is 40.6 Å². The average Bonchev–Trinajstić information content (AvgIpc) is 3.43. The molecule has 8 nitrogen and oxygen atoms in total. The number of aromatic nitrogens is 6. The Labute approximate surface area is 171 Å². The Morgan fingerprint density at radius 1 is 1.17 bits per heavy atom. The van der Waals surface area contributed by atoms with Crippen molar-refractivity contribution >= 4 is 17.5 Å². The first-order valence-corrected chi connectivity index (χ1v) is 9.42. The zero-order chi connectivity index (χ0) is 20.1. The van der Waals surface area contributed by atoms with Gasteiger partial charge in [0.1, 0.15) is 6.33 Å². The molecule has 1 atom stereocenters. The molecule has 0 spiro atoms. The Bertz CT molecular complexity index is 1070. The number of carbonyl (C=O) groups excluding carboxylic acids is 1. The highest BCUT2D eigenvalue weighted by Gasteiger charge is 2.18. The van der Waals surface area contributed by atoms with Gasteiger partial charge in [-0.3, -0.25) is 4.79 Å². The van der Waals surface area contributed by atoms with Gasteiger partial charge in [-0.15, -0.1) is 5.10 Å². The highest BCUT2D eigenvalue weighted by atomic mass is 35.5. The van der Waals surface area contributed by atoms with Crippen molar-refractivity contribution in [2.24, 2.45) is 0 Å². The molecule has 0 aliphatic carbocycles. The molecule has 0 bridgehead atoms. The fourth-order valence-corrected chi connectivity index (χ4v) is 3.37. The van der Waals surface area contributed by atoms with Gasteiger partial charge in [-0.1, -0.05) is 41.9 Å². The average molecular weight is 408 g/mol. The highest BCUT2D eigenvalue weighted by molar-refractivity contribution is 6.34. The zero-order valence-corrected chi connectivity index (χ0v) is 16.1. The summed E-state index contributed by atoms with van der Waals surface area (Å²) in [7, 11) is 0. The number of benzene rings is 2. The van der Waals surface area contributed by atoms with E-state index in [0.29, 0.717) is 29.1 Å². The molecule has 0 aliphatic heterocycles. The zero-order valence-electron chi connectivity index (χ0n) is 15.4. The molecular weight excluding hydrogens is 390 g/mol. The minimum Gasteiger partial charge on any atom is -0.349 e. The number of aromatic amines is 1. The largest absolute Gasteiger partial charge is 0.349 e. The van der Waals surface area contributed by atoms with Crippen molar-refractivity contribution in [1.82, 2.24) is 35.5 Å². The van der Waals surface area contributed by atoms with Crippen LogP contribution in [0, 0.1) is 0 Å². The minimum atomic E-state index is -0.237. The Morgan fingerprint density at radius 3 is 2.72 bits per heavy atom. The number of hydrogen-bond donors (Lipinski definition) is 2. The van der Waals surface area contributed by atoms with Gasteiger partial charge in [0, 0.05) is 24.4 Å². The molecule has 0 saturated carbocycles. The molecule has 146 valence electrons. The number of tetrazole rings is 1. The first kappa shape index (κ1) is 18.8. The van der Waals surface area contributed by atoms with Gasteiger partial charge in [0.05, 0.1) is 22.6 Å². The van der Waals surface area contributed by atoms with Crippen LogP contribution in [0.15, 0.2) is 67.4 Å². The molecule has 0 fully saturated rings. The number of hydrogen-bond acceptors (Lipinski definition) is 5. The maximum absolute atomic E-state index is 12.9. The standard InChI is InChI=1S/C20H18ClN7O/c21-19-10-17(28-13-24-26-27-28)6-7-18(19)20(29)25-15(9-16-11-22-12-23-16)8-14-4-2-1-3-5-14/h1-7,10-13,15H,8-9H2,(H,22,23)(H,25,29). The van der Waals surface area contributed by atoms with Crippen LogP contribution in [0.2, 0.25) is 5.02 Å². The second-order valence-corrected chi connectivity index (χ2v) is 6.97. The Balaban J connectivity index is 1.52. The number of rotatable bonds is 7. The van der Waals surface area contributed by atoms with Crippen molar-refractivity contribution in [2.75, 3.05) is 0 Å². The molecule has 2 heterocycles. The van der Waals surface area contributed by atoms with E-state index in [9.17, 15) is 4.79 Å². The third-order valence-electron chi connectivity index (χ3n) is 4.49. The quantitative estimate of drug-likeness (QED) is 0.490. The lowest BCUT2D eigenvalue weighted by atomic mass is 10.0. The van der Waals surface area contributed by atoms with Crippen LogP contribution < -0.4 is 5.32 Å². The van der Waals surface area contributed by atoms with Crippen molar-refractivity contribution < 1.29 is 4.79 Å². The van der Waals surface area contributed by atoms with Crippen LogP contribution in [0.3, 0.4) is 0 Å². The summed E-state index contributed by atoms with van der Waals surface area (Å²) in [6.45, 7) is 0. The van der Waals surface area contributed by atoms with Crippen LogP contribution in [-0.4, -0.2) is 42.1 Å². The predicted molar refractivity (Wildman–Crippen MR) is 108 cm³/mol. The number of amides is 1. The van der Waals surface area contributed by atoms with Gasteiger partial charge in [-0.25, -0.2) is 9.67 Å². The molecule has 2 aromatic carbocycles. The second kappa shape index (κ2) is 8.66. The number of nitrogens with one attached hydrogen (secondary N) is 2. The summed E-state index contributed by atoms with van der Waals surface area (Å²) in [5.41, 5.74) is 3.16. The third-order valence-corrected chi connectivity index (χ3v) is 4.80. The van der Waals surface area contributed by atoms with Crippen molar-refractivity contribution in [3.63, 3.8) is 0 Å². The summed E-state index contributed by atoms with van der Waals surface area (Å²) < 4.78 is 1.48. The van der Waals surface area contributed by atoms with E-state index < -0.39 is 0 Å². The first-order chi connectivity index (χ1) is 14.2. The molecule has 1 unspecified atom stereocenters. The van der Waals surface area contributed by atoms with Crippen LogP contribution in [0.25, 0.3) is 5.69 Å². The SMILES string of the molecule is O=C(NC(Cc1ccccc1)Cc1cnc[nH]1)c1ccc(-n2cnnn2)cc1Cl. The van der Waals surface area contributed by atoms with Gasteiger partial charge in [0.25, 0.3) is 5.91 Å². The van der Waals surface area contributed by atoms with E-state index in [1.165, 1.54) is 11.0 Å². The topological polar surface area (TPSA) is 101 Å². The Hall–Kier alpha value is -3.52. The molecule has 0 aliphatic rings.